The van der Waals surface area contributed by atoms with Gasteiger partial charge in [0, 0.05) is 18.2 Å². The molecule has 2 N–H and O–H groups in total. The van der Waals surface area contributed by atoms with Crippen LogP contribution in [0.3, 0.4) is 0 Å². The van der Waals surface area contributed by atoms with E-state index in [0.29, 0.717) is 0 Å². The van der Waals surface area contributed by atoms with Gasteiger partial charge >= 0.3 is 0 Å². The van der Waals surface area contributed by atoms with Crippen LogP contribution in [0.25, 0.3) is 11.1 Å². The van der Waals surface area contributed by atoms with Crippen molar-refractivity contribution in [2.45, 2.75) is 25.7 Å². The molecule has 88 valence electrons. The second-order valence-corrected chi connectivity index (χ2v) is 4.78. The number of nitrogens with two attached hydrogens (primary N) is 1. The fourth-order valence-corrected chi connectivity index (χ4v) is 2.40. The Labute approximate surface area is 98.8 Å². The summed E-state index contributed by atoms with van der Waals surface area (Å²) in [7, 11) is 0. The summed E-state index contributed by atoms with van der Waals surface area (Å²) >= 11 is 0. The number of nitrogens with zero attached hydrogens (tertiary/aromatic N) is 1. The highest BCUT2D eigenvalue weighted by Crippen LogP contribution is 2.56. The minimum atomic E-state index is -0.395. The lowest BCUT2D eigenvalue weighted by Gasteiger charge is -2.17. The molecular formula is C13H14N2O2. The average Bonchev–Trinajstić information content (AvgIpc) is 3.02. The zero-order valence-corrected chi connectivity index (χ0v) is 9.64. The summed E-state index contributed by atoms with van der Waals surface area (Å²) < 4.78 is 5.74. The molecule has 1 saturated carbocycles. The standard InChI is InChI=1S/C13H14N2O2/c1-8(13(4-5-13)12(14)16)11-7-9-10(17-11)3-2-6-15-9/h2-3,6-8H,4-5H2,1H3,(H2,14,16)/t8-/m1/s1. The summed E-state index contributed by atoms with van der Waals surface area (Å²) in [6, 6.07) is 5.62. The Kier molecular flexibility index (Phi) is 2.02. The molecule has 1 atom stereocenters. The number of amides is 1. The average molecular weight is 230 g/mol. The maximum absolute atomic E-state index is 11.5. The highest BCUT2D eigenvalue weighted by atomic mass is 16.3. The van der Waals surface area contributed by atoms with Gasteiger partial charge in [-0.15, -0.1) is 0 Å². The maximum atomic E-state index is 11.5. The van der Waals surface area contributed by atoms with Gasteiger partial charge in [0.1, 0.15) is 11.3 Å². The van der Waals surface area contributed by atoms with Crippen molar-refractivity contribution in [2.24, 2.45) is 11.1 Å². The van der Waals surface area contributed by atoms with Gasteiger partial charge in [0.2, 0.25) is 5.91 Å². The van der Waals surface area contributed by atoms with E-state index >= 15 is 0 Å². The summed E-state index contributed by atoms with van der Waals surface area (Å²) in [4.78, 5) is 15.7. The number of fused-ring (bicyclic) bond motifs is 1. The number of carbonyl (C=O) groups excluding carboxylic acids is 1. The molecule has 0 saturated heterocycles. The van der Waals surface area contributed by atoms with Gasteiger partial charge in [-0.1, -0.05) is 6.92 Å². The molecule has 17 heavy (non-hydrogen) atoms. The molecule has 0 aliphatic heterocycles. The molecule has 1 aliphatic rings. The molecule has 0 bridgehead atoms. The smallest absolute Gasteiger partial charge is 0.224 e. The van der Waals surface area contributed by atoms with E-state index in [4.69, 9.17) is 10.2 Å². The predicted octanol–water partition coefficient (Wildman–Crippen LogP) is 2.20. The highest BCUT2D eigenvalue weighted by molar-refractivity contribution is 5.85. The fourth-order valence-electron chi connectivity index (χ4n) is 2.40. The molecule has 0 aromatic carbocycles. The molecule has 1 aliphatic carbocycles. The Bertz CT molecular complexity index is 551. The molecule has 4 heteroatoms. The van der Waals surface area contributed by atoms with Crippen molar-refractivity contribution in [3.05, 3.63) is 30.2 Å². The number of furan rings is 1. The van der Waals surface area contributed by atoms with Crippen molar-refractivity contribution in [2.75, 3.05) is 0 Å². The van der Waals surface area contributed by atoms with Crippen LogP contribution in [-0.4, -0.2) is 10.9 Å². The Morgan fingerprint density at radius 3 is 2.94 bits per heavy atom. The van der Waals surface area contributed by atoms with Gasteiger partial charge < -0.3 is 10.2 Å². The third-order valence-electron chi connectivity index (χ3n) is 3.84. The SMILES string of the molecule is C[C@H](c1cc2ncccc2o1)C1(C(N)=O)CC1. The summed E-state index contributed by atoms with van der Waals surface area (Å²) in [6.07, 6.45) is 3.44. The van der Waals surface area contributed by atoms with Gasteiger partial charge in [-0.3, -0.25) is 9.78 Å². The topological polar surface area (TPSA) is 69.1 Å². The van der Waals surface area contributed by atoms with Crippen molar-refractivity contribution in [3.8, 4) is 0 Å². The summed E-state index contributed by atoms with van der Waals surface area (Å²) in [5.74, 6) is 0.600. The molecule has 0 unspecified atom stereocenters. The van der Waals surface area contributed by atoms with E-state index < -0.39 is 5.41 Å². The third kappa shape index (κ3) is 1.44. The lowest BCUT2D eigenvalue weighted by atomic mass is 9.88. The number of aromatic nitrogens is 1. The van der Waals surface area contributed by atoms with E-state index in [1.165, 1.54) is 0 Å². The van der Waals surface area contributed by atoms with Crippen LogP contribution in [0.4, 0.5) is 0 Å². The normalized spacial score (nSPS) is 19.1. The molecule has 4 nitrogen and oxygen atoms in total. The molecule has 1 fully saturated rings. The summed E-state index contributed by atoms with van der Waals surface area (Å²) in [6.45, 7) is 2.00. The number of carbonyl (C=O) groups is 1. The lowest BCUT2D eigenvalue weighted by Crippen LogP contribution is -2.29. The van der Waals surface area contributed by atoms with Gasteiger partial charge in [0.25, 0.3) is 0 Å². The number of rotatable bonds is 3. The Balaban J connectivity index is 2.01. The Morgan fingerprint density at radius 1 is 1.59 bits per heavy atom. The second kappa shape index (κ2) is 3.32. The van der Waals surface area contributed by atoms with Gasteiger partial charge in [-0.2, -0.15) is 0 Å². The van der Waals surface area contributed by atoms with E-state index in [0.717, 1.165) is 29.7 Å². The predicted molar refractivity (Wildman–Crippen MR) is 63.3 cm³/mol. The number of primary amides is 1. The van der Waals surface area contributed by atoms with Crippen LogP contribution in [0, 0.1) is 5.41 Å². The van der Waals surface area contributed by atoms with Gasteiger partial charge in [-0.25, -0.2) is 0 Å². The van der Waals surface area contributed by atoms with E-state index in [1.807, 2.05) is 25.1 Å². The van der Waals surface area contributed by atoms with E-state index in [9.17, 15) is 4.79 Å². The molecular weight excluding hydrogens is 216 g/mol. The minimum absolute atomic E-state index is 0.0224. The maximum Gasteiger partial charge on any atom is 0.224 e. The van der Waals surface area contributed by atoms with Gasteiger partial charge in [0.05, 0.1) is 5.41 Å². The first-order chi connectivity index (χ1) is 8.13. The van der Waals surface area contributed by atoms with Crippen LogP contribution < -0.4 is 5.73 Å². The quantitative estimate of drug-likeness (QED) is 0.878. The van der Waals surface area contributed by atoms with Gasteiger partial charge in [0.15, 0.2) is 5.58 Å². The largest absolute Gasteiger partial charge is 0.459 e. The summed E-state index contributed by atoms with van der Waals surface area (Å²) in [5, 5.41) is 0. The van der Waals surface area contributed by atoms with Crippen LogP contribution in [-0.2, 0) is 4.79 Å². The van der Waals surface area contributed by atoms with E-state index in [-0.39, 0.29) is 11.8 Å². The van der Waals surface area contributed by atoms with Crippen molar-refractivity contribution in [3.63, 3.8) is 0 Å². The van der Waals surface area contributed by atoms with Crippen LogP contribution in [0.15, 0.2) is 28.8 Å². The minimum Gasteiger partial charge on any atom is -0.459 e. The van der Waals surface area contributed by atoms with Gasteiger partial charge in [-0.05, 0) is 25.0 Å². The Morgan fingerprint density at radius 2 is 2.35 bits per heavy atom. The summed E-state index contributed by atoms with van der Waals surface area (Å²) in [5.41, 5.74) is 6.66. The third-order valence-corrected chi connectivity index (χ3v) is 3.84. The molecule has 0 spiro atoms. The van der Waals surface area contributed by atoms with Crippen molar-refractivity contribution in [1.29, 1.82) is 0 Å². The molecule has 2 aromatic rings. The molecule has 1 amide bonds. The van der Waals surface area contributed by atoms with E-state index in [2.05, 4.69) is 4.98 Å². The molecule has 3 rings (SSSR count). The lowest BCUT2D eigenvalue weighted by molar-refractivity contribution is -0.123. The first-order valence-corrected chi connectivity index (χ1v) is 5.78. The van der Waals surface area contributed by atoms with Crippen molar-refractivity contribution < 1.29 is 9.21 Å². The molecule has 2 heterocycles. The molecule has 2 aromatic heterocycles. The van der Waals surface area contributed by atoms with Crippen molar-refractivity contribution in [1.82, 2.24) is 4.98 Å². The van der Waals surface area contributed by atoms with Crippen molar-refractivity contribution >= 4 is 17.0 Å². The first kappa shape index (κ1) is 10.3. The zero-order chi connectivity index (χ0) is 12.0. The Hall–Kier alpha value is -1.84. The number of hydrogen-bond donors (Lipinski definition) is 1. The molecule has 0 radical (unpaired) electrons. The number of pyridine rings is 1. The van der Waals surface area contributed by atoms with Crippen LogP contribution in [0.1, 0.15) is 31.4 Å². The second-order valence-electron chi connectivity index (χ2n) is 4.78. The van der Waals surface area contributed by atoms with E-state index in [1.54, 1.807) is 6.20 Å². The fraction of sp³-hybridized carbons (Fsp3) is 0.385. The van der Waals surface area contributed by atoms with Crippen LogP contribution in [0.2, 0.25) is 0 Å². The zero-order valence-electron chi connectivity index (χ0n) is 9.64. The van der Waals surface area contributed by atoms with Crippen LogP contribution >= 0.6 is 0 Å². The van der Waals surface area contributed by atoms with Crippen LogP contribution in [0.5, 0.6) is 0 Å². The monoisotopic (exact) mass is 230 g/mol. The highest BCUT2D eigenvalue weighted by Gasteiger charge is 2.54. The first-order valence-electron chi connectivity index (χ1n) is 5.78. The number of hydrogen-bond acceptors (Lipinski definition) is 3.